The van der Waals surface area contributed by atoms with Crippen molar-refractivity contribution >= 4 is 102 Å². The average molecular weight is 993 g/mol. The van der Waals surface area contributed by atoms with Crippen molar-refractivity contribution in [3.05, 3.63) is 169 Å². The van der Waals surface area contributed by atoms with E-state index in [0.29, 0.717) is 0 Å². The third-order valence-corrected chi connectivity index (χ3v) is 12.3. The van der Waals surface area contributed by atoms with Gasteiger partial charge >= 0.3 is 59.1 Å². The van der Waals surface area contributed by atoms with Gasteiger partial charge in [0.05, 0.1) is 9.79 Å². The molecule has 344 valence electrons. The predicted octanol–water partition coefficient (Wildman–Crippen LogP) is 2.60. The first-order chi connectivity index (χ1) is 32.6. The van der Waals surface area contributed by atoms with Gasteiger partial charge in [0.15, 0.2) is 0 Å². The fraction of sp³-hybridized carbons (Fsp3) is 0.0833. The van der Waals surface area contributed by atoms with E-state index in [1.165, 1.54) is 36.4 Å². The Labute approximate surface area is 450 Å². The SMILES string of the molecule is CN(c1ccccc1)c1nc(Nc2ccc(C=Cc3ccc(Nc4nc(N(C)c5ccccc5)nc(N(C)c5ccccc5)n4)cc3S(=O)(=O)[O-])c(S(=O)(=O)[O-])c2)nc(N(C)c2ccccc2)n1.[Na+].[Na+]. The van der Waals surface area contributed by atoms with E-state index in [1.807, 2.05) is 121 Å². The number of para-hydroxylation sites is 4. The Morgan fingerprint density at radius 3 is 0.900 bits per heavy atom. The molecule has 0 saturated heterocycles. The summed E-state index contributed by atoms with van der Waals surface area (Å²) >= 11 is 0. The van der Waals surface area contributed by atoms with Crippen LogP contribution in [0.25, 0.3) is 12.2 Å². The molecule has 8 rings (SSSR count). The van der Waals surface area contributed by atoms with Crippen molar-refractivity contribution in [1.82, 2.24) is 29.9 Å². The summed E-state index contributed by atoms with van der Waals surface area (Å²) in [7, 11) is -3.11. The van der Waals surface area contributed by atoms with E-state index in [1.54, 1.807) is 47.8 Å². The topological polar surface area (TPSA) is 229 Å². The second-order valence-corrected chi connectivity index (χ2v) is 17.8. The van der Waals surface area contributed by atoms with E-state index >= 15 is 0 Å². The first-order valence-corrected chi connectivity index (χ1v) is 23.5. The third kappa shape index (κ3) is 12.9. The smallest absolute Gasteiger partial charge is 0.744 e. The largest absolute Gasteiger partial charge is 1.00 e. The van der Waals surface area contributed by atoms with Crippen molar-refractivity contribution < 1.29 is 85.1 Å². The molecule has 2 aromatic heterocycles. The molecule has 0 spiro atoms. The van der Waals surface area contributed by atoms with Crippen LogP contribution in [0.15, 0.2) is 168 Å². The first-order valence-electron chi connectivity index (χ1n) is 20.7. The van der Waals surface area contributed by atoms with E-state index in [4.69, 9.17) is 9.97 Å². The number of hydrogen-bond acceptors (Lipinski definition) is 18. The van der Waals surface area contributed by atoms with Gasteiger partial charge in [0, 0.05) is 62.3 Å². The van der Waals surface area contributed by atoms with E-state index < -0.39 is 30.0 Å². The molecular weight excluding hydrogens is 951 g/mol. The summed E-state index contributed by atoms with van der Waals surface area (Å²) in [6.45, 7) is 0. The Balaban J connectivity index is 0.00000402. The normalized spacial score (nSPS) is 11.2. The molecule has 0 aliphatic carbocycles. The maximum absolute atomic E-state index is 12.8. The Morgan fingerprint density at radius 1 is 0.400 bits per heavy atom. The van der Waals surface area contributed by atoms with E-state index in [0.717, 1.165) is 34.9 Å². The minimum absolute atomic E-state index is 0. The van der Waals surface area contributed by atoms with Crippen LogP contribution in [-0.4, -0.2) is 84.0 Å². The number of hydrogen-bond donors (Lipinski definition) is 2. The van der Waals surface area contributed by atoms with Crippen LogP contribution in [0.4, 0.5) is 69.8 Å². The van der Waals surface area contributed by atoms with Crippen LogP contribution in [0.5, 0.6) is 0 Å². The molecule has 0 amide bonds. The zero-order valence-corrected chi connectivity index (χ0v) is 44.5. The molecule has 0 radical (unpaired) electrons. The van der Waals surface area contributed by atoms with Crippen molar-refractivity contribution in [2.45, 2.75) is 9.79 Å². The number of anilines is 12. The molecule has 2 heterocycles. The molecular formula is C48H42N12Na2O6S2. The summed E-state index contributed by atoms with van der Waals surface area (Å²) in [5.41, 5.74) is 3.30. The molecule has 0 atom stereocenters. The zero-order valence-electron chi connectivity index (χ0n) is 38.9. The maximum atomic E-state index is 12.8. The average Bonchev–Trinajstić information content (AvgIpc) is 3.35. The van der Waals surface area contributed by atoms with Crippen LogP contribution in [0.1, 0.15) is 11.1 Å². The Bertz CT molecular complexity index is 2990. The molecule has 22 heteroatoms. The van der Waals surface area contributed by atoms with Crippen molar-refractivity contribution in [3.63, 3.8) is 0 Å². The van der Waals surface area contributed by atoms with Gasteiger partial charge < -0.3 is 39.3 Å². The molecule has 0 aliphatic heterocycles. The van der Waals surface area contributed by atoms with Crippen molar-refractivity contribution in [3.8, 4) is 0 Å². The number of nitrogens with one attached hydrogen (secondary N) is 2. The standard InChI is InChI=1S/C48H44N12O6S2.2Na/c1-57(37-17-9-5-10-18-37)45-51-43(52-46(55-45)58(2)38-19-11-6-12-20-38)49-35-29-27-33(41(31-35)67(61,62)63)25-26-34-28-30-36(32-42(34)68(64,65)66)50-44-53-47(59(3)39-21-13-7-14-22-39)56-48(54-44)60(4)40-23-15-8-16-24-40;;/h5-32H,1-4H3,(H,61,62,63)(H,64,65,66)(H,49,51,52,55)(H,50,53,54,56);;/q;2*+1/p-2. The molecule has 0 aliphatic rings. The van der Waals surface area contributed by atoms with E-state index in [-0.39, 0.29) is 117 Å². The van der Waals surface area contributed by atoms with Crippen LogP contribution >= 0.6 is 0 Å². The quantitative estimate of drug-likeness (QED) is 0.0806. The summed E-state index contributed by atoms with van der Waals surface area (Å²) in [6.07, 6.45) is 2.47. The minimum atomic E-state index is -5.13. The summed E-state index contributed by atoms with van der Waals surface area (Å²) in [4.78, 5) is 33.6. The number of rotatable bonds is 16. The molecule has 8 aromatic rings. The van der Waals surface area contributed by atoms with Crippen LogP contribution in [0.3, 0.4) is 0 Å². The van der Waals surface area contributed by atoms with Gasteiger partial charge in [0.1, 0.15) is 20.2 Å². The fourth-order valence-corrected chi connectivity index (χ4v) is 8.25. The first kappa shape index (κ1) is 53.1. The molecule has 0 unspecified atom stereocenters. The number of nitrogens with zero attached hydrogens (tertiary/aromatic N) is 10. The van der Waals surface area contributed by atoms with E-state index in [9.17, 15) is 25.9 Å². The summed E-state index contributed by atoms with van der Waals surface area (Å²) < 4.78 is 76.6. The summed E-state index contributed by atoms with van der Waals surface area (Å²) in [5.74, 6) is 1.15. The fourth-order valence-electron chi connectivity index (χ4n) is 6.86. The van der Waals surface area contributed by atoms with Crippen molar-refractivity contribution in [2.75, 3.05) is 58.4 Å². The van der Waals surface area contributed by atoms with Gasteiger partial charge in [-0.05, 0) is 83.9 Å². The molecule has 6 aromatic carbocycles. The van der Waals surface area contributed by atoms with Crippen molar-refractivity contribution in [1.29, 1.82) is 0 Å². The third-order valence-electron chi connectivity index (χ3n) is 10.5. The molecule has 2 N–H and O–H groups in total. The maximum Gasteiger partial charge on any atom is 1.00 e. The van der Waals surface area contributed by atoms with Gasteiger partial charge in [0.2, 0.25) is 35.7 Å². The molecule has 70 heavy (non-hydrogen) atoms. The molecule has 0 saturated carbocycles. The molecule has 0 fully saturated rings. The van der Waals surface area contributed by atoms with Crippen LogP contribution in [-0.2, 0) is 20.2 Å². The second kappa shape index (κ2) is 23.1. The number of aromatic nitrogens is 6. The Kier molecular flexibility index (Phi) is 17.5. The summed E-state index contributed by atoms with van der Waals surface area (Å²) in [5, 5.41) is 6.02. The Hall–Kier alpha value is -6.30. The van der Waals surface area contributed by atoms with E-state index in [2.05, 4.69) is 30.6 Å². The van der Waals surface area contributed by atoms with Crippen LogP contribution in [0, 0.1) is 0 Å². The second-order valence-electron chi connectivity index (χ2n) is 15.1. The van der Waals surface area contributed by atoms with Crippen LogP contribution < -0.4 is 89.3 Å². The van der Waals surface area contributed by atoms with Gasteiger partial charge in [-0.3, -0.25) is 0 Å². The summed E-state index contributed by atoms with van der Waals surface area (Å²) in [6, 6.07) is 45.6. The predicted molar refractivity (Wildman–Crippen MR) is 262 cm³/mol. The van der Waals surface area contributed by atoms with Gasteiger partial charge in [-0.1, -0.05) is 97.1 Å². The van der Waals surface area contributed by atoms with Gasteiger partial charge in [-0.25, -0.2) is 16.8 Å². The monoisotopic (exact) mass is 992 g/mol. The van der Waals surface area contributed by atoms with Gasteiger partial charge in [-0.15, -0.1) is 0 Å². The number of benzene rings is 6. The Morgan fingerprint density at radius 2 is 0.657 bits per heavy atom. The van der Waals surface area contributed by atoms with Crippen LogP contribution in [0.2, 0.25) is 0 Å². The van der Waals surface area contributed by atoms with Gasteiger partial charge in [-0.2, -0.15) is 29.9 Å². The minimum Gasteiger partial charge on any atom is -0.744 e. The van der Waals surface area contributed by atoms with Crippen molar-refractivity contribution in [2.24, 2.45) is 0 Å². The van der Waals surface area contributed by atoms with Gasteiger partial charge in [0.25, 0.3) is 0 Å². The molecule has 18 nitrogen and oxygen atoms in total. The molecule has 0 bridgehead atoms. The zero-order chi connectivity index (χ0) is 48.0.